The number of carbonyl (C=O) groups excluding carboxylic acids is 3. The molecule has 1 aromatic carbocycles. The number of nitrogens with zero attached hydrogens (tertiary/aromatic N) is 3. The van der Waals surface area contributed by atoms with E-state index in [1.165, 1.54) is 0 Å². The second-order valence-corrected chi connectivity index (χ2v) is 7.96. The van der Waals surface area contributed by atoms with E-state index in [9.17, 15) is 14.4 Å². The Morgan fingerprint density at radius 2 is 2.14 bits per heavy atom. The molecule has 1 atom stereocenters. The number of rotatable bonds is 9. The minimum atomic E-state index is -0.396. The molecule has 154 valence electrons. The zero-order valence-electron chi connectivity index (χ0n) is 16.4. The van der Waals surface area contributed by atoms with Crippen molar-refractivity contribution in [2.24, 2.45) is 5.92 Å². The summed E-state index contributed by atoms with van der Waals surface area (Å²) in [5.74, 6) is -0.772. The van der Waals surface area contributed by atoms with Crippen LogP contribution in [0.25, 0.3) is 6.08 Å². The van der Waals surface area contributed by atoms with E-state index < -0.39 is 5.91 Å². The van der Waals surface area contributed by atoms with Crippen molar-refractivity contribution in [2.75, 3.05) is 32.7 Å². The van der Waals surface area contributed by atoms with E-state index in [-0.39, 0.29) is 36.7 Å². The van der Waals surface area contributed by atoms with Crippen LogP contribution in [0.3, 0.4) is 0 Å². The van der Waals surface area contributed by atoms with Crippen molar-refractivity contribution < 1.29 is 14.4 Å². The Hall–Kier alpha value is -2.34. The Balaban J connectivity index is 1.87. The second kappa shape index (κ2) is 11.0. The van der Waals surface area contributed by atoms with Gasteiger partial charge in [-0.1, -0.05) is 36.7 Å². The van der Waals surface area contributed by atoms with Crippen LogP contribution < -0.4 is 5.32 Å². The summed E-state index contributed by atoms with van der Waals surface area (Å²) < 4.78 is 0. The van der Waals surface area contributed by atoms with Crippen molar-refractivity contribution in [3.05, 3.63) is 39.8 Å². The summed E-state index contributed by atoms with van der Waals surface area (Å²) in [7, 11) is 0. The number of benzene rings is 1. The van der Waals surface area contributed by atoms with Gasteiger partial charge in [0.2, 0.25) is 5.91 Å². The number of imide groups is 1. The molecule has 1 heterocycles. The number of hydrogen-bond acceptors (Lipinski definition) is 6. The van der Waals surface area contributed by atoms with Gasteiger partial charge in [-0.15, -0.1) is 0 Å². The fraction of sp³-hybridized carbons (Fsp3) is 0.400. The third-order valence-electron chi connectivity index (χ3n) is 4.29. The van der Waals surface area contributed by atoms with Crippen molar-refractivity contribution in [1.82, 2.24) is 15.1 Å². The van der Waals surface area contributed by atoms with Gasteiger partial charge in [-0.25, -0.2) is 0 Å². The van der Waals surface area contributed by atoms with E-state index in [4.69, 9.17) is 16.9 Å². The Morgan fingerprint density at radius 1 is 1.41 bits per heavy atom. The minimum absolute atomic E-state index is 0.0942. The Bertz CT molecular complexity index is 852. The van der Waals surface area contributed by atoms with Crippen molar-refractivity contribution in [2.45, 2.75) is 13.8 Å². The number of hydrogen-bond donors (Lipinski definition) is 1. The maximum Gasteiger partial charge on any atom is 0.293 e. The van der Waals surface area contributed by atoms with Gasteiger partial charge in [-0.2, -0.15) is 5.26 Å². The first-order chi connectivity index (χ1) is 13.8. The molecule has 0 spiro atoms. The van der Waals surface area contributed by atoms with Crippen LogP contribution in [-0.4, -0.2) is 59.6 Å². The monoisotopic (exact) mass is 434 g/mol. The molecule has 0 bridgehead atoms. The van der Waals surface area contributed by atoms with Gasteiger partial charge in [0.15, 0.2) is 0 Å². The third kappa shape index (κ3) is 6.60. The van der Waals surface area contributed by atoms with Gasteiger partial charge < -0.3 is 5.32 Å². The molecule has 1 aliphatic heterocycles. The molecule has 2 rings (SSSR count). The molecule has 1 saturated heterocycles. The van der Waals surface area contributed by atoms with Crippen LogP contribution in [0.2, 0.25) is 5.02 Å². The molecule has 1 unspecified atom stereocenters. The van der Waals surface area contributed by atoms with Crippen molar-refractivity contribution in [3.8, 4) is 6.07 Å². The van der Waals surface area contributed by atoms with Gasteiger partial charge in [0.1, 0.15) is 0 Å². The smallest absolute Gasteiger partial charge is 0.293 e. The lowest BCUT2D eigenvalue weighted by atomic mass is 10.2. The number of likely N-dealkylation sites (N-methyl/N-ethyl adjacent to an activating group) is 1. The lowest BCUT2D eigenvalue weighted by Crippen LogP contribution is -2.42. The highest BCUT2D eigenvalue weighted by atomic mass is 35.5. The normalized spacial score (nSPS) is 16.4. The first-order valence-electron chi connectivity index (χ1n) is 9.24. The van der Waals surface area contributed by atoms with E-state index in [1.807, 2.05) is 11.8 Å². The first-order valence-corrected chi connectivity index (χ1v) is 10.4. The van der Waals surface area contributed by atoms with Gasteiger partial charge in [0.05, 0.1) is 23.4 Å². The van der Waals surface area contributed by atoms with E-state index >= 15 is 0 Å². The zero-order chi connectivity index (χ0) is 21.4. The first kappa shape index (κ1) is 22.9. The summed E-state index contributed by atoms with van der Waals surface area (Å²) in [5.41, 5.74) is 0.666. The molecule has 0 aliphatic carbocycles. The molecule has 1 fully saturated rings. The fourth-order valence-electron chi connectivity index (χ4n) is 2.73. The molecule has 0 radical (unpaired) electrons. The predicted octanol–water partition coefficient (Wildman–Crippen LogP) is 2.97. The summed E-state index contributed by atoms with van der Waals surface area (Å²) in [6.45, 7) is 5.31. The quantitative estimate of drug-likeness (QED) is 0.600. The van der Waals surface area contributed by atoms with Crippen molar-refractivity contribution in [3.63, 3.8) is 0 Å². The highest BCUT2D eigenvalue weighted by molar-refractivity contribution is 8.18. The summed E-state index contributed by atoms with van der Waals surface area (Å²) >= 11 is 6.96. The van der Waals surface area contributed by atoms with Crippen LogP contribution in [-0.2, 0) is 9.59 Å². The number of amides is 3. The van der Waals surface area contributed by atoms with Crippen LogP contribution in [0.4, 0.5) is 4.79 Å². The topological polar surface area (TPSA) is 93.5 Å². The average Bonchev–Trinajstić information content (AvgIpc) is 2.96. The number of thioether (sulfide) groups is 1. The van der Waals surface area contributed by atoms with Crippen molar-refractivity contribution in [1.29, 1.82) is 5.26 Å². The fourth-order valence-corrected chi connectivity index (χ4v) is 3.77. The van der Waals surface area contributed by atoms with Gasteiger partial charge in [0.25, 0.3) is 11.1 Å². The van der Waals surface area contributed by atoms with Gasteiger partial charge in [-0.3, -0.25) is 24.2 Å². The molecule has 3 amide bonds. The lowest BCUT2D eigenvalue weighted by molar-refractivity contribution is -0.124. The van der Waals surface area contributed by atoms with Gasteiger partial charge >= 0.3 is 0 Å². The van der Waals surface area contributed by atoms with E-state index in [2.05, 4.69) is 11.4 Å². The summed E-state index contributed by atoms with van der Waals surface area (Å²) in [5, 5.41) is 11.7. The van der Waals surface area contributed by atoms with E-state index in [0.717, 1.165) is 16.7 Å². The Labute approximate surface area is 179 Å². The van der Waals surface area contributed by atoms with Crippen LogP contribution in [0.1, 0.15) is 19.4 Å². The highest BCUT2D eigenvalue weighted by Crippen LogP contribution is 2.33. The number of halogens is 1. The van der Waals surface area contributed by atoms with Crippen molar-refractivity contribution >= 4 is 46.5 Å². The highest BCUT2D eigenvalue weighted by Gasteiger charge is 2.34. The summed E-state index contributed by atoms with van der Waals surface area (Å²) in [4.78, 5) is 40.1. The largest absolute Gasteiger partial charge is 0.353 e. The minimum Gasteiger partial charge on any atom is -0.353 e. The second-order valence-electron chi connectivity index (χ2n) is 6.56. The number of carbonyl (C=O) groups is 3. The standard InChI is InChI=1S/C20H23ClN4O3S/c1-3-24(12-14(2)11-22)13-18(26)23-8-9-25-19(27)17(29-20(25)28)10-15-6-4-5-7-16(15)21/h4-7,10,14H,3,8-9,12-13H2,1-2H3,(H,23,26)/b17-10+. The summed E-state index contributed by atoms with van der Waals surface area (Å²) in [6, 6.07) is 9.21. The molecule has 0 aromatic heterocycles. The maximum atomic E-state index is 12.5. The van der Waals surface area contributed by atoms with Crippen LogP contribution >= 0.6 is 23.4 Å². The number of nitrogens with one attached hydrogen (secondary N) is 1. The Morgan fingerprint density at radius 3 is 2.79 bits per heavy atom. The molecule has 7 nitrogen and oxygen atoms in total. The molecule has 0 saturated carbocycles. The van der Waals surface area contributed by atoms with Crippen LogP contribution in [0.15, 0.2) is 29.2 Å². The number of nitriles is 1. The van der Waals surface area contributed by atoms with E-state index in [0.29, 0.717) is 28.6 Å². The molecule has 1 N–H and O–H groups in total. The van der Waals surface area contributed by atoms with Crippen LogP contribution in [0.5, 0.6) is 0 Å². The molecule has 1 aliphatic rings. The van der Waals surface area contributed by atoms with Crippen LogP contribution in [0, 0.1) is 17.2 Å². The maximum absolute atomic E-state index is 12.5. The van der Waals surface area contributed by atoms with Gasteiger partial charge in [-0.05, 0) is 42.9 Å². The molecular weight excluding hydrogens is 412 g/mol. The molecular formula is C20H23ClN4O3S. The third-order valence-corrected chi connectivity index (χ3v) is 5.54. The lowest BCUT2D eigenvalue weighted by Gasteiger charge is -2.21. The summed E-state index contributed by atoms with van der Waals surface area (Å²) in [6.07, 6.45) is 1.60. The Kier molecular flexibility index (Phi) is 8.70. The molecule has 29 heavy (non-hydrogen) atoms. The van der Waals surface area contributed by atoms with E-state index in [1.54, 1.807) is 37.3 Å². The molecule has 1 aromatic rings. The predicted molar refractivity (Wildman–Crippen MR) is 114 cm³/mol. The van der Waals surface area contributed by atoms with Gasteiger partial charge in [0, 0.05) is 24.7 Å². The molecule has 9 heteroatoms. The SMILES string of the molecule is CCN(CC(=O)NCCN1C(=O)S/C(=C/c2ccccc2Cl)C1=O)CC(C)C#N. The zero-order valence-corrected chi connectivity index (χ0v) is 17.9. The average molecular weight is 435 g/mol.